The summed E-state index contributed by atoms with van der Waals surface area (Å²) in [4.78, 5) is 1.23. The van der Waals surface area contributed by atoms with Gasteiger partial charge in [-0.25, -0.2) is 0 Å². The first-order valence-electron chi connectivity index (χ1n) is 7.08. The summed E-state index contributed by atoms with van der Waals surface area (Å²) < 4.78 is 11.7. The van der Waals surface area contributed by atoms with Gasteiger partial charge in [0.05, 0.1) is 6.10 Å². The Morgan fingerprint density at radius 3 is 3.11 bits per heavy atom. The fourth-order valence-corrected chi connectivity index (χ4v) is 3.78. The Hall–Kier alpha value is -0.710. The monoisotopic (exact) mass is 279 g/mol. The second kappa shape index (κ2) is 6.16. The van der Waals surface area contributed by atoms with E-state index in [4.69, 9.17) is 15.2 Å². The van der Waals surface area contributed by atoms with Crippen LogP contribution in [0.2, 0.25) is 0 Å². The highest BCUT2D eigenvalue weighted by Gasteiger charge is 2.26. The summed E-state index contributed by atoms with van der Waals surface area (Å²) in [5.74, 6) is 1.93. The summed E-state index contributed by atoms with van der Waals surface area (Å²) in [7, 11) is 0. The Morgan fingerprint density at radius 2 is 2.26 bits per heavy atom. The third-order valence-corrected chi connectivity index (χ3v) is 5.00. The van der Waals surface area contributed by atoms with Crippen LogP contribution < -0.4 is 10.5 Å². The maximum absolute atomic E-state index is 6.29. The lowest BCUT2D eigenvalue weighted by Crippen LogP contribution is -2.42. The van der Waals surface area contributed by atoms with Crippen LogP contribution in [-0.4, -0.2) is 30.6 Å². The molecular weight excluding hydrogens is 258 g/mol. The maximum Gasteiger partial charge on any atom is 0.133 e. The highest BCUT2D eigenvalue weighted by molar-refractivity contribution is 7.99. The van der Waals surface area contributed by atoms with Gasteiger partial charge in [0, 0.05) is 23.3 Å². The molecule has 0 saturated carbocycles. The van der Waals surface area contributed by atoms with E-state index in [2.05, 4.69) is 6.07 Å². The van der Waals surface area contributed by atoms with Gasteiger partial charge in [0.2, 0.25) is 0 Å². The molecule has 3 nitrogen and oxygen atoms in total. The molecule has 2 heterocycles. The second-order valence-electron chi connectivity index (χ2n) is 5.29. The number of hydrogen-bond donors (Lipinski definition) is 1. The highest BCUT2D eigenvalue weighted by atomic mass is 32.2. The number of fused-ring (bicyclic) bond motifs is 1. The maximum atomic E-state index is 6.29. The third-order valence-electron chi connectivity index (χ3n) is 3.85. The zero-order valence-electron chi connectivity index (χ0n) is 11.1. The molecule has 0 aliphatic carbocycles. The summed E-state index contributed by atoms with van der Waals surface area (Å²) in [6.45, 7) is 0.920. The van der Waals surface area contributed by atoms with E-state index in [0.717, 1.165) is 31.0 Å². The van der Waals surface area contributed by atoms with Crippen molar-refractivity contribution in [1.29, 1.82) is 0 Å². The zero-order chi connectivity index (χ0) is 13.1. The quantitative estimate of drug-likeness (QED) is 0.920. The summed E-state index contributed by atoms with van der Waals surface area (Å²) in [6, 6.07) is 8.30. The normalized spacial score (nSPS) is 27.6. The first-order chi connectivity index (χ1) is 9.33. The van der Waals surface area contributed by atoms with E-state index in [9.17, 15) is 0 Å². The van der Waals surface area contributed by atoms with Crippen LogP contribution in [0.15, 0.2) is 29.2 Å². The zero-order valence-corrected chi connectivity index (χ0v) is 11.9. The fourth-order valence-electron chi connectivity index (χ4n) is 2.68. The van der Waals surface area contributed by atoms with E-state index in [-0.39, 0.29) is 12.1 Å². The van der Waals surface area contributed by atoms with Crippen molar-refractivity contribution in [3.8, 4) is 5.75 Å². The summed E-state index contributed by atoms with van der Waals surface area (Å²) in [5, 5.41) is 0. The van der Waals surface area contributed by atoms with Crippen molar-refractivity contribution in [1.82, 2.24) is 0 Å². The topological polar surface area (TPSA) is 44.5 Å². The van der Waals surface area contributed by atoms with Gasteiger partial charge in [0.25, 0.3) is 0 Å². The number of thioether (sulfide) groups is 1. The molecule has 1 saturated heterocycles. The molecule has 104 valence electrons. The summed E-state index contributed by atoms with van der Waals surface area (Å²) >= 11 is 1.85. The molecule has 0 spiro atoms. The van der Waals surface area contributed by atoms with E-state index in [1.807, 2.05) is 30.0 Å². The molecule has 2 aliphatic rings. The number of ether oxygens (including phenoxy) is 2. The van der Waals surface area contributed by atoms with Crippen molar-refractivity contribution in [2.75, 3.05) is 12.4 Å². The molecule has 3 atom stereocenters. The van der Waals surface area contributed by atoms with Crippen molar-refractivity contribution < 1.29 is 9.47 Å². The van der Waals surface area contributed by atoms with Crippen LogP contribution in [0.5, 0.6) is 5.75 Å². The third kappa shape index (κ3) is 3.25. The molecule has 19 heavy (non-hydrogen) atoms. The van der Waals surface area contributed by atoms with E-state index >= 15 is 0 Å². The molecular formula is C15H21NO2S. The van der Waals surface area contributed by atoms with Gasteiger partial charge in [-0.05, 0) is 37.8 Å². The van der Waals surface area contributed by atoms with Crippen LogP contribution in [0.1, 0.15) is 25.7 Å². The number of rotatable bonds is 4. The first-order valence-corrected chi connectivity index (χ1v) is 8.07. The lowest BCUT2D eigenvalue weighted by molar-refractivity contribution is 0.0941. The van der Waals surface area contributed by atoms with Gasteiger partial charge in [-0.1, -0.05) is 12.1 Å². The Morgan fingerprint density at radius 1 is 1.37 bits per heavy atom. The van der Waals surface area contributed by atoms with Crippen molar-refractivity contribution in [3.05, 3.63) is 24.3 Å². The molecule has 1 aromatic rings. The largest absolute Gasteiger partial charge is 0.487 e. The number of hydrogen-bond acceptors (Lipinski definition) is 4. The van der Waals surface area contributed by atoms with Gasteiger partial charge in [-0.2, -0.15) is 0 Å². The Kier molecular flexibility index (Phi) is 4.31. The first kappa shape index (κ1) is 13.3. The Balaban J connectivity index is 1.52. The molecule has 3 rings (SSSR count). The van der Waals surface area contributed by atoms with E-state index < -0.39 is 0 Å². The van der Waals surface area contributed by atoms with Crippen LogP contribution in [0.25, 0.3) is 0 Å². The number of para-hydroxylation sites is 1. The van der Waals surface area contributed by atoms with Gasteiger partial charge in [0.15, 0.2) is 0 Å². The predicted molar refractivity (Wildman–Crippen MR) is 77.8 cm³/mol. The number of benzene rings is 1. The summed E-state index contributed by atoms with van der Waals surface area (Å²) in [5.41, 5.74) is 6.29. The van der Waals surface area contributed by atoms with Gasteiger partial charge in [-0.15, -0.1) is 11.8 Å². The molecule has 0 radical (unpaired) electrons. The minimum atomic E-state index is 0.102. The Bertz CT molecular complexity index is 420. The molecule has 0 aromatic heterocycles. The molecule has 1 aromatic carbocycles. The van der Waals surface area contributed by atoms with E-state index in [1.54, 1.807) is 0 Å². The van der Waals surface area contributed by atoms with Crippen molar-refractivity contribution in [3.63, 3.8) is 0 Å². The van der Waals surface area contributed by atoms with E-state index in [0.29, 0.717) is 6.10 Å². The smallest absolute Gasteiger partial charge is 0.133 e. The predicted octanol–water partition coefficient (Wildman–Crippen LogP) is 2.83. The van der Waals surface area contributed by atoms with Crippen molar-refractivity contribution >= 4 is 11.8 Å². The second-order valence-corrected chi connectivity index (χ2v) is 6.35. The van der Waals surface area contributed by atoms with Gasteiger partial charge < -0.3 is 15.2 Å². The average Bonchev–Trinajstić information content (AvgIpc) is 2.97. The van der Waals surface area contributed by atoms with Crippen LogP contribution in [0.3, 0.4) is 0 Å². The fraction of sp³-hybridized carbons (Fsp3) is 0.600. The average molecular weight is 279 g/mol. The van der Waals surface area contributed by atoms with Crippen LogP contribution in [0.4, 0.5) is 0 Å². The molecule has 0 amide bonds. The van der Waals surface area contributed by atoms with E-state index in [1.165, 1.54) is 17.7 Å². The Labute approximate surface area is 118 Å². The highest BCUT2D eigenvalue weighted by Crippen LogP contribution is 2.36. The lowest BCUT2D eigenvalue weighted by atomic mass is 10.0. The summed E-state index contributed by atoms with van der Waals surface area (Å²) in [6.07, 6.45) is 4.99. The minimum absolute atomic E-state index is 0.102. The lowest BCUT2D eigenvalue weighted by Gasteiger charge is -2.30. The molecule has 0 bridgehead atoms. The van der Waals surface area contributed by atoms with Gasteiger partial charge in [0.1, 0.15) is 11.9 Å². The molecule has 2 N–H and O–H groups in total. The molecule has 1 fully saturated rings. The minimum Gasteiger partial charge on any atom is -0.487 e. The van der Waals surface area contributed by atoms with Crippen molar-refractivity contribution in [2.45, 2.75) is 48.8 Å². The number of nitrogens with two attached hydrogens (primary N) is 1. The van der Waals surface area contributed by atoms with Crippen LogP contribution >= 0.6 is 11.8 Å². The van der Waals surface area contributed by atoms with Gasteiger partial charge >= 0.3 is 0 Å². The molecule has 2 aliphatic heterocycles. The van der Waals surface area contributed by atoms with Crippen LogP contribution in [0, 0.1) is 0 Å². The van der Waals surface area contributed by atoms with Crippen molar-refractivity contribution in [2.24, 2.45) is 5.73 Å². The molecule has 4 heteroatoms. The molecule has 3 unspecified atom stereocenters. The van der Waals surface area contributed by atoms with Crippen LogP contribution in [-0.2, 0) is 4.74 Å². The van der Waals surface area contributed by atoms with Gasteiger partial charge in [-0.3, -0.25) is 0 Å². The standard InChI is InChI=1S/C15H21NO2S/c16-12(8-7-11-4-3-9-17-11)14-10-19-15-6-2-1-5-13(15)18-14/h1-2,5-6,11-12,14H,3-4,7-10,16H2. The SMILES string of the molecule is NC(CCC1CCCO1)C1CSc2ccccc2O1.